The number of pyridine rings is 1. The summed E-state index contributed by atoms with van der Waals surface area (Å²) in [5.74, 6) is 0. The molecule has 1 heterocycles. The van der Waals surface area contributed by atoms with Gasteiger partial charge in [-0.05, 0) is 12.1 Å². The van der Waals surface area contributed by atoms with Crippen molar-refractivity contribution in [3.05, 3.63) is 23.9 Å². The molecule has 0 bridgehead atoms. The van der Waals surface area contributed by atoms with Crippen molar-refractivity contribution < 1.29 is 0 Å². The maximum atomic E-state index is 6.91. The summed E-state index contributed by atoms with van der Waals surface area (Å²) in [6.45, 7) is 0. The number of nitrogens with one attached hydrogen (secondary N) is 1. The largest absolute Gasteiger partial charge is 0.308 e. The first-order valence-corrected chi connectivity index (χ1v) is 3.13. The molecule has 0 radical (unpaired) electrons. The van der Waals surface area contributed by atoms with Gasteiger partial charge in [-0.2, -0.15) is 0 Å². The van der Waals surface area contributed by atoms with Gasteiger partial charge in [-0.15, -0.1) is 0 Å². The molecular weight excluding hydrogens is 131 g/mol. The highest BCUT2D eigenvalue weighted by molar-refractivity contribution is 7.27. The van der Waals surface area contributed by atoms with Gasteiger partial charge in [0, 0.05) is 18.0 Å². The van der Waals surface area contributed by atoms with Gasteiger partial charge in [-0.25, -0.2) is 0 Å². The first kappa shape index (κ1) is 6.37. The molecule has 0 amide bonds. The zero-order valence-corrected chi connectivity index (χ0v) is 5.99. The van der Waals surface area contributed by atoms with Crippen LogP contribution in [0.25, 0.3) is 0 Å². The molecule has 0 spiro atoms. The fourth-order valence-corrected chi connectivity index (χ4v) is 0.818. The SMILES string of the molecule is N=Cc1cccnc1P. The Hall–Kier alpha value is -0.750. The lowest BCUT2D eigenvalue weighted by Crippen LogP contribution is -2.03. The van der Waals surface area contributed by atoms with E-state index in [1.165, 1.54) is 6.21 Å². The smallest absolute Gasteiger partial charge is 0.0656 e. The van der Waals surface area contributed by atoms with E-state index in [2.05, 4.69) is 14.2 Å². The quantitative estimate of drug-likeness (QED) is 0.447. The van der Waals surface area contributed by atoms with Crippen LogP contribution in [0.1, 0.15) is 5.56 Å². The molecule has 1 N–H and O–H groups in total. The zero-order chi connectivity index (χ0) is 6.69. The van der Waals surface area contributed by atoms with E-state index in [1.54, 1.807) is 6.20 Å². The molecule has 2 nitrogen and oxygen atoms in total. The molecule has 0 aliphatic heterocycles. The fraction of sp³-hybridized carbons (Fsp3) is 0. The molecule has 1 aromatic heterocycles. The van der Waals surface area contributed by atoms with Crippen molar-refractivity contribution in [2.24, 2.45) is 0 Å². The van der Waals surface area contributed by atoms with Crippen LogP contribution in [-0.2, 0) is 0 Å². The highest BCUT2D eigenvalue weighted by atomic mass is 31.0. The third-order valence-electron chi connectivity index (χ3n) is 1.03. The Kier molecular flexibility index (Phi) is 1.91. The van der Waals surface area contributed by atoms with Gasteiger partial charge in [-0.1, -0.05) is 9.24 Å². The van der Waals surface area contributed by atoms with E-state index in [1.807, 2.05) is 12.1 Å². The lowest BCUT2D eigenvalue weighted by molar-refractivity contribution is 1.38. The van der Waals surface area contributed by atoms with Crippen LogP contribution in [0.2, 0.25) is 0 Å². The standard InChI is InChI=1S/C6H7N2P/c7-4-5-2-1-3-8-6(5)9/h1-4,7H,9H2. The Morgan fingerprint density at radius 1 is 1.67 bits per heavy atom. The van der Waals surface area contributed by atoms with E-state index < -0.39 is 0 Å². The number of aromatic nitrogens is 1. The van der Waals surface area contributed by atoms with Gasteiger partial charge in [0.25, 0.3) is 0 Å². The highest BCUT2D eigenvalue weighted by Gasteiger charge is 1.89. The summed E-state index contributed by atoms with van der Waals surface area (Å²) in [5.41, 5.74) is 1.68. The minimum absolute atomic E-state index is 0.826. The maximum absolute atomic E-state index is 6.91. The minimum atomic E-state index is 0.826. The normalized spacial score (nSPS) is 9.00. The molecule has 0 saturated carbocycles. The Balaban J connectivity index is 3.15. The monoisotopic (exact) mass is 138 g/mol. The van der Waals surface area contributed by atoms with Gasteiger partial charge >= 0.3 is 0 Å². The predicted molar refractivity (Wildman–Crippen MR) is 41.5 cm³/mol. The van der Waals surface area contributed by atoms with Crippen LogP contribution in [0.4, 0.5) is 0 Å². The Morgan fingerprint density at radius 2 is 2.44 bits per heavy atom. The third kappa shape index (κ3) is 1.33. The average molecular weight is 138 g/mol. The van der Waals surface area contributed by atoms with Gasteiger partial charge in [0.05, 0.1) is 5.44 Å². The molecule has 46 valence electrons. The second-order valence-electron chi connectivity index (χ2n) is 1.62. The van der Waals surface area contributed by atoms with Crippen molar-refractivity contribution in [3.8, 4) is 0 Å². The zero-order valence-electron chi connectivity index (χ0n) is 4.83. The van der Waals surface area contributed by atoms with Gasteiger partial charge in [-0.3, -0.25) is 4.98 Å². The molecule has 1 rings (SSSR count). The van der Waals surface area contributed by atoms with E-state index in [0.717, 1.165) is 11.0 Å². The number of hydrogen-bond acceptors (Lipinski definition) is 2. The van der Waals surface area contributed by atoms with Crippen LogP contribution in [0.5, 0.6) is 0 Å². The second kappa shape index (κ2) is 2.70. The van der Waals surface area contributed by atoms with Crippen molar-refractivity contribution in [3.63, 3.8) is 0 Å². The number of hydrogen-bond donors (Lipinski definition) is 1. The molecule has 3 heteroatoms. The first-order valence-electron chi connectivity index (χ1n) is 2.55. The Labute approximate surface area is 56.0 Å². The van der Waals surface area contributed by atoms with E-state index in [0.29, 0.717) is 0 Å². The maximum Gasteiger partial charge on any atom is 0.0656 e. The second-order valence-corrected chi connectivity index (χ2v) is 2.17. The van der Waals surface area contributed by atoms with Crippen molar-refractivity contribution in [2.45, 2.75) is 0 Å². The number of rotatable bonds is 1. The van der Waals surface area contributed by atoms with E-state index >= 15 is 0 Å². The molecule has 1 aromatic rings. The summed E-state index contributed by atoms with van der Waals surface area (Å²) >= 11 is 0. The molecule has 1 atom stereocenters. The topological polar surface area (TPSA) is 36.7 Å². The number of nitrogens with zero attached hydrogens (tertiary/aromatic N) is 1. The molecule has 0 fully saturated rings. The molecule has 0 saturated heterocycles. The summed E-state index contributed by atoms with van der Waals surface area (Å²) in [5, 5.41) is 6.91. The van der Waals surface area contributed by atoms with Crippen molar-refractivity contribution >= 4 is 20.9 Å². The van der Waals surface area contributed by atoms with Gasteiger partial charge in [0.15, 0.2) is 0 Å². The summed E-state index contributed by atoms with van der Waals surface area (Å²) in [6.07, 6.45) is 2.99. The lowest BCUT2D eigenvalue weighted by atomic mass is 10.3. The highest BCUT2D eigenvalue weighted by Crippen LogP contribution is 1.91. The van der Waals surface area contributed by atoms with Crippen LogP contribution in [0.3, 0.4) is 0 Å². The van der Waals surface area contributed by atoms with Gasteiger partial charge in [0.2, 0.25) is 0 Å². The third-order valence-corrected chi connectivity index (χ3v) is 1.51. The van der Waals surface area contributed by atoms with Crippen LogP contribution in [0, 0.1) is 5.41 Å². The van der Waals surface area contributed by atoms with Crippen LogP contribution in [-0.4, -0.2) is 11.2 Å². The lowest BCUT2D eigenvalue weighted by Gasteiger charge is -1.92. The molecule has 0 aliphatic rings. The predicted octanol–water partition coefficient (Wildman–Crippen LogP) is 0.580. The molecule has 0 aliphatic carbocycles. The Morgan fingerprint density at radius 3 is 2.89 bits per heavy atom. The summed E-state index contributed by atoms with van der Waals surface area (Å²) in [7, 11) is 2.47. The molecular formula is C6H7N2P. The van der Waals surface area contributed by atoms with E-state index in [9.17, 15) is 0 Å². The summed E-state index contributed by atoms with van der Waals surface area (Å²) in [6, 6.07) is 3.66. The molecule has 1 unspecified atom stereocenters. The van der Waals surface area contributed by atoms with Gasteiger partial charge < -0.3 is 5.41 Å². The minimum Gasteiger partial charge on any atom is -0.308 e. The van der Waals surface area contributed by atoms with Crippen molar-refractivity contribution in [1.82, 2.24) is 4.98 Å². The summed E-state index contributed by atoms with van der Waals surface area (Å²) in [4.78, 5) is 3.96. The first-order chi connectivity index (χ1) is 4.34. The van der Waals surface area contributed by atoms with Crippen molar-refractivity contribution in [1.29, 1.82) is 5.41 Å². The van der Waals surface area contributed by atoms with Crippen LogP contribution in [0.15, 0.2) is 18.3 Å². The van der Waals surface area contributed by atoms with Gasteiger partial charge in [0.1, 0.15) is 0 Å². The average Bonchev–Trinajstić information content (AvgIpc) is 1.89. The molecule has 0 aromatic carbocycles. The summed E-state index contributed by atoms with van der Waals surface area (Å²) < 4.78 is 0. The van der Waals surface area contributed by atoms with Crippen molar-refractivity contribution in [2.75, 3.05) is 0 Å². The van der Waals surface area contributed by atoms with E-state index in [-0.39, 0.29) is 0 Å². The fourth-order valence-electron chi connectivity index (χ4n) is 0.552. The van der Waals surface area contributed by atoms with Crippen LogP contribution >= 0.6 is 9.24 Å². The van der Waals surface area contributed by atoms with Crippen LogP contribution < -0.4 is 5.44 Å². The molecule has 9 heavy (non-hydrogen) atoms. The Bertz CT molecular complexity index is 222. The van der Waals surface area contributed by atoms with E-state index in [4.69, 9.17) is 5.41 Å².